The molecule has 78 valence electrons. The molecule has 1 N–H and O–H groups in total. The molecule has 0 aromatic heterocycles. The second-order valence-corrected chi connectivity index (χ2v) is 3.88. The Bertz CT molecular complexity index is 401. The Labute approximate surface area is 90.0 Å². The number of aliphatic hydroxyl groups excluding tert-OH is 1. The largest absolute Gasteiger partial charge is 0.506 e. The lowest BCUT2D eigenvalue weighted by atomic mass is 10.0. The van der Waals surface area contributed by atoms with Crippen LogP contribution < -0.4 is 0 Å². The van der Waals surface area contributed by atoms with Gasteiger partial charge in [0.25, 0.3) is 0 Å². The van der Waals surface area contributed by atoms with Crippen LogP contribution in [0.2, 0.25) is 0 Å². The number of aliphatic hydroxyl groups is 1. The van der Waals surface area contributed by atoms with E-state index in [1.165, 1.54) is 5.56 Å². The predicted octanol–water partition coefficient (Wildman–Crippen LogP) is 3.69. The summed E-state index contributed by atoms with van der Waals surface area (Å²) in [5, 5.41) is 9.62. The number of hydrogen-bond acceptors (Lipinski definition) is 2. The average Bonchev–Trinajstić information content (AvgIpc) is 2.25. The number of aryl methyl sites for hydroxylation is 1. The Hall–Kier alpha value is -1.57. The number of hydrogen-bond donors (Lipinski definition) is 1. The third-order valence-electron chi connectivity index (χ3n) is 2.55. The Morgan fingerprint density at radius 3 is 2.60 bits per heavy atom. The third kappa shape index (κ3) is 2.46. The molecule has 2 rings (SSSR count). The van der Waals surface area contributed by atoms with E-state index in [1.807, 2.05) is 30.3 Å². The molecule has 0 fully saturated rings. The topological polar surface area (TPSA) is 32.6 Å². The fourth-order valence-electron chi connectivity index (χ4n) is 1.64. The predicted molar refractivity (Wildman–Crippen MR) is 62.8 cm³/mol. The van der Waals surface area contributed by atoms with Gasteiger partial charge in [-0.2, -0.15) is 0 Å². The zero-order chi connectivity index (χ0) is 10.7. The van der Waals surface area contributed by atoms with Crippen molar-refractivity contribution in [1.29, 1.82) is 0 Å². The molecule has 1 aromatic carbocycles. The molecule has 0 amide bonds. The maximum Gasteiger partial charge on any atom is 0.133 e. The van der Waals surface area contributed by atoms with Gasteiger partial charge in [-0.15, -0.1) is 0 Å². The van der Waals surface area contributed by atoms with E-state index in [-0.39, 0.29) is 0 Å². The summed E-state index contributed by atoms with van der Waals surface area (Å²) >= 11 is 0. The van der Waals surface area contributed by atoms with Crippen LogP contribution in [0.15, 0.2) is 41.1 Å². The smallest absolute Gasteiger partial charge is 0.133 e. The second kappa shape index (κ2) is 4.30. The molecule has 0 spiro atoms. The molecule has 15 heavy (non-hydrogen) atoms. The second-order valence-electron chi connectivity index (χ2n) is 3.88. The van der Waals surface area contributed by atoms with Crippen LogP contribution in [0.5, 0.6) is 0 Å². The van der Waals surface area contributed by atoms with Crippen molar-refractivity contribution in [2.24, 2.45) is 4.99 Å². The van der Waals surface area contributed by atoms with Crippen LogP contribution in [0.25, 0.3) is 0 Å². The van der Waals surface area contributed by atoms with E-state index in [1.54, 1.807) is 0 Å². The van der Waals surface area contributed by atoms with E-state index in [2.05, 4.69) is 11.9 Å². The third-order valence-corrected chi connectivity index (χ3v) is 2.55. The fourth-order valence-corrected chi connectivity index (χ4v) is 1.64. The van der Waals surface area contributed by atoms with Gasteiger partial charge in [-0.1, -0.05) is 17.7 Å². The molecule has 1 aliphatic carbocycles. The van der Waals surface area contributed by atoms with E-state index in [4.69, 9.17) is 0 Å². The SMILES string of the molecule is Cc1ccc(N=C2CCCC=C2O)cc1. The normalized spacial score (nSPS) is 19.0. The van der Waals surface area contributed by atoms with Crippen LogP contribution >= 0.6 is 0 Å². The number of nitrogens with zero attached hydrogens (tertiary/aromatic N) is 1. The monoisotopic (exact) mass is 201 g/mol. The zero-order valence-corrected chi connectivity index (χ0v) is 8.90. The Morgan fingerprint density at radius 1 is 1.20 bits per heavy atom. The summed E-state index contributed by atoms with van der Waals surface area (Å²) in [6.45, 7) is 2.05. The number of aliphatic imine (C=N–C) groups is 1. The average molecular weight is 201 g/mol. The van der Waals surface area contributed by atoms with Gasteiger partial charge in [-0.3, -0.25) is 0 Å². The molecule has 1 aromatic rings. The molecule has 0 aliphatic heterocycles. The summed E-state index contributed by atoms with van der Waals surface area (Å²) in [6, 6.07) is 8.01. The molecule has 1 aliphatic rings. The molecule has 0 atom stereocenters. The molecule has 2 heteroatoms. The van der Waals surface area contributed by atoms with Crippen molar-refractivity contribution in [1.82, 2.24) is 0 Å². The van der Waals surface area contributed by atoms with Crippen molar-refractivity contribution in [3.8, 4) is 0 Å². The molecule has 0 saturated heterocycles. The lowest BCUT2D eigenvalue weighted by Crippen LogP contribution is -2.06. The van der Waals surface area contributed by atoms with Crippen molar-refractivity contribution >= 4 is 11.4 Å². The first-order chi connectivity index (χ1) is 7.25. The van der Waals surface area contributed by atoms with Crippen molar-refractivity contribution in [2.75, 3.05) is 0 Å². The maximum absolute atomic E-state index is 9.62. The van der Waals surface area contributed by atoms with Crippen LogP contribution in [-0.4, -0.2) is 10.8 Å². The quantitative estimate of drug-likeness (QED) is 0.738. The highest BCUT2D eigenvalue weighted by atomic mass is 16.3. The van der Waals surface area contributed by atoms with Crippen LogP contribution in [0, 0.1) is 6.92 Å². The molecular weight excluding hydrogens is 186 g/mol. The minimum absolute atomic E-state index is 0.349. The molecular formula is C13H15NO. The molecule has 0 radical (unpaired) electrons. The van der Waals surface area contributed by atoms with Crippen LogP contribution in [0.3, 0.4) is 0 Å². The highest BCUT2D eigenvalue weighted by Crippen LogP contribution is 2.19. The summed E-state index contributed by atoms with van der Waals surface area (Å²) in [5.74, 6) is 0.349. The minimum atomic E-state index is 0.349. The first-order valence-electron chi connectivity index (χ1n) is 5.29. The van der Waals surface area contributed by atoms with Crippen LogP contribution in [-0.2, 0) is 0 Å². The van der Waals surface area contributed by atoms with Crippen molar-refractivity contribution in [3.05, 3.63) is 41.7 Å². The van der Waals surface area contributed by atoms with E-state index >= 15 is 0 Å². The van der Waals surface area contributed by atoms with Crippen molar-refractivity contribution in [3.63, 3.8) is 0 Å². The summed E-state index contributed by atoms with van der Waals surface area (Å²) in [5.41, 5.74) is 2.95. The van der Waals surface area contributed by atoms with Gasteiger partial charge in [0, 0.05) is 0 Å². The number of rotatable bonds is 1. The van der Waals surface area contributed by atoms with Crippen molar-refractivity contribution < 1.29 is 5.11 Å². The van der Waals surface area contributed by atoms with E-state index in [9.17, 15) is 5.11 Å². The van der Waals surface area contributed by atoms with Crippen molar-refractivity contribution in [2.45, 2.75) is 26.2 Å². The zero-order valence-electron chi connectivity index (χ0n) is 8.90. The fraction of sp³-hybridized carbons (Fsp3) is 0.308. The van der Waals surface area contributed by atoms with Gasteiger partial charge in [0.1, 0.15) is 5.76 Å². The van der Waals surface area contributed by atoms with E-state index < -0.39 is 0 Å². The molecule has 0 saturated carbocycles. The molecule has 0 bridgehead atoms. The first kappa shape index (κ1) is 9.97. The first-order valence-corrected chi connectivity index (χ1v) is 5.29. The summed E-state index contributed by atoms with van der Waals surface area (Å²) in [6.07, 6.45) is 4.75. The van der Waals surface area contributed by atoms with Crippen LogP contribution in [0.4, 0.5) is 5.69 Å². The van der Waals surface area contributed by atoms with Gasteiger partial charge >= 0.3 is 0 Å². The van der Waals surface area contributed by atoms with Gasteiger partial charge in [0.05, 0.1) is 11.4 Å². The van der Waals surface area contributed by atoms with Gasteiger partial charge in [0.2, 0.25) is 0 Å². The van der Waals surface area contributed by atoms with Gasteiger partial charge in [0.15, 0.2) is 0 Å². The standard InChI is InChI=1S/C13H15NO/c1-10-6-8-11(9-7-10)14-12-4-2-3-5-13(12)15/h5-9,15H,2-4H2,1H3. The minimum Gasteiger partial charge on any atom is -0.506 e. The summed E-state index contributed by atoms with van der Waals surface area (Å²) in [7, 11) is 0. The Kier molecular flexibility index (Phi) is 2.86. The van der Waals surface area contributed by atoms with Gasteiger partial charge in [-0.25, -0.2) is 4.99 Å². The molecule has 0 unspecified atom stereocenters. The lowest BCUT2D eigenvalue weighted by molar-refractivity contribution is 0.433. The summed E-state index contributed by atoms with van der Waals surface area (Å²) in [4.78, 5) is 4.44. The Balaban J connectivity index is 2.25. The van der Waals surface area contributed by atoms with E-state index in [0.29, 0.717) is 5.76 Å². The van der Waals surface area contributed by atoms with Gasteiger partial charge < -0.3 is 5.11 Å². The highest BCUT2D eigenvalue weighted by Gasteiger charge is 2.09. The lowest BCUT2D eigenvalue weighted by Gasteiger charge is -2.10. The van der Waals surface area contributed by atoms with Gasteiger partial charge in [-0.05, 0) is 44.4 Å². The number of allylic oxidation sites excluding steroid dienone is 2. The molecule has 0 heterocycles. The number of benzene rings is 1. The Morgan fingerprint density at radius 2 is 1.93 bits per heavy atom. The summed E-state index contributed by atoms with van der Waals surface area (Å²) < 4.78 is 0. The highest BCUT2D eigenvalue weighted by molar-refractivity contribution is 6.00. The maximum atomic E-state index is 9.62. The molecule has 2 nitrogen and oxygen atoms in total. The van der Waals surface area contributed by atoms with E-state index in [0.717, 1.165) is 30.7 Å². The van der Waals surface area contributed by atoms with Crippen LogP contribution in [0.1, 0.15) is 24.8 Å².